The van der Waals surface area contributed by atoms with Crippen molar-refractivity contribution in [1.29, 1.82) is 0 Å². The number of nitrogens with zero attached hydrogens (tertiary/aromatic N) is 2. The molecule has 1 unspecified atom stereocenters. The van der Waals surface area contributed by atoms with E-state index in [9.17, 15) is 8.78 Å². The Morgan fingerprint density at radius 3 is 2.80 bits per heavy atom. The van der Waals surface area contributed by atoms with Crippen LogP contribution in [0.5, 0.6) is 0 Å². The molecule has 0 aliphatic carbocycles. The molecule has 0 fully saturated rings. The van der Waals surface area contributed by atoms with Gasteiger partial charge >= 0.3 is 0 Å². The maximum atomic E-state index is 14.0. The van der Waals surface area contributed by atoms with Gasteiger partial charge in [-0.25, -0.2) is 13.8 Å². The summed E-state index contributed by atoms with van der Waals surface area (Å²) in [5.74, 6) is -0.507. The number of anilines is 1. The minimum absolute atomic E-state index is 0.000457. The molecule has 1 aromatic heterocycles. The zero-order valence-corrected chi connectivity index (χ0v) is 11.7. The quantitative estimate of drug-likeness (QED) is 0.916. The molecule has 6 heteroatoms. The van der Waals surface area contributed by atoms with Crippen LogP contribution in [0.1, 0.15) is 12.5 Å². The lowest BCUT2D eigenvalue weighted by molar-refractivity contribution is 0.190. The third-order valence-electron chi connectivity index (χ3n) is 2.92. The van der Waals surface area contributed by atoms with Gasteiger partial charge in [0.05, 0.1) is 12.3 Å². The Labute approximate surface area is 116 Å². The number of ether oxygens (including phenoxy) is 1. The van der Waals surface area contributed by atoms with Gasteiger partial charge in [0.15, 0.2) is 0 Å². The van der Waals surface area contributed by atoms with Crippen molar-refractivity contribution in [1.82, 2.24) is 9.55 Å². The summed E-state index contributed by atoms with van der Waals surface area (Å²) in [4.78, 5) is 4.12. The topological polar surface area (TPSA) is 39.1 Å². The van der Waals surface area contributed by atoms with Crippen LogP contribution in [0.4, 0.5) is 14.7 Å². The third kappa shape index (κ3) is 2.96. The number of nitrogens with one attached hydrogen (secondary N) is 1. The lowest BCUT2D eigenvalue weighted by Gasteiger charge is -2.16. The number of methoxy groups -OCH3 is 1. The fourth-order valence-electron chi connectivity index (χ4n) is 1.94. The molecule has 0 saturated heterocycles. The van der Waals surface area contributed by atoms with E-state index >= 15 is 0 Å². The standard InChI is InChI=1S/C14H17F2N3O/c1-9-6-12(16)13(7-11(9)15)19-5-4-17-14(19)18-10(2)8-20-3/h4-7,10H,8H2,1-3H3,(H,17,18). The second-order valence-corrected chi connectivity index (χ2v) is 4.67. The Hall–Kier alpha value is -1.95. The number of imidazole rings is 1. The lowest BCUT2D eigenvalue weighted by atomic mass is 10.2. The van der Waals surface area contributed by atoms with Crippen LogP contribution in [0.2, 0.25) is 0 Å². The molecular formula is C14H17F2N3O. The molecule has 20 heavy (non-hydrogen) atoms. The van der Waals surface area contributed by atoms with Gasteiger partial charge in [-0.1, -0.05) is 0 Å². The van der Waals surface area contributed by atoms with Crippen molar-refractivity contribution in [3.63, 3.8) is 0 Å². The van der Waals surface area contributed by atoms with Crippen LogP contribution >= 0.6 is 0 Å². The molecule has 0 aliphatic rings. The van der Waals surface area contributed by atoms with Gasteiger partial charge in [0.2, 0.25) is 5.95 Å². The summed E-state index contributed by atoms with van der Waals surface area (Å²) in [7, 11) is 1.60. The molecule has 1 atom stereocenters. The van der Waals surface area contributed by atoms with Crippen molar-refractivity contribution in [3.05, 3.63) is 41.7 Å². The van der Waals surface area contributed by atoms with E-state index in [2.05, 4.69) is 10.3 Å². The van der Waals surface area contributed by atoms with Crippen LogP contribution in [0.25, 0.3) is 5.69 Å². The summed E-state index contributed by atoms with van der Waals surface area (Å²) in [5.41, 5.74) is 0.395. The zero-order valence-electron chi connectivity index (χ0n) is 11.7. The van der Waals surface area contributed by atoms with Crippen LogP contribution < -0.4 is 5.32 Å². The van der Waals surface area contributed by atoms with Gasteiger partial charge < -0.3 is 10.1 Å². The number of aryl methyl sites for hydroxylation is 1. The number of hydrogen-bond acceptors (Lipinski definition) is 3. The molecule has 0 aliphatic heterocycles. The summed E-state index contributed by atoms with van der Waals surface area (Å²) in [5, 5.41) is 3.09. The Kier molecular flexibility index (Phi) is 4.34. The van der Waals surface area contributed by atoms with Crippen LogP contribution in [-0.2, 0) is 4.74 Å². The number of rotatable bonds is 5. The molecule has 1 aromatic carbocycles. The fourth-order valence-corrected chi connectivity index (χ4v) is 1.94. The molecule has 0 amide bonds. The van der Waals surface area contributed by atoms with E-state index in [0.29, 0.717) is 12.6 Å². The maximum absolute atomic E-state index is 14.0. The first-order valence-electron chi connectivity index (χ1n) is 6.27. The van der Waals surface area contributed by atoms with E-state index in [1.807, 2.05) is 6.92 Å². The van der Waals surface area contributed by atoms with Crippen LogP contribution in [-0.4, -0.2) is 29.3 Å². The van der Waals surface area contributed by atoms with E-state index in [-0.39, 0.29) is 17.3 Å². The number of hydrogen-bond donors (Lipinski definition) is 1. The average Bonchev–Trinajstić information content (AvgIpc) is 2.82. The van der Waals surface area contributed by atoms with Crippen molar-refractivity contribution in [2.45, 2.75) is 19.9 Å². The summed E-state index contributed by atoms with van der Waals surface area (Å²) in [6, 6.07) is 2.34. The van der Waals surface area contributed by atoms with E-state index in [0.717, 1.165) is 0 Å². The van der Waals surface area contributed by atoms with Gasteiger partial charge in [-0.3, -0.25) is 4.57 Å². The van der Waals surface area contributed by atoms with Crippen molar-refractivity contribution in [2.75, 3.05) is 19.0 Å². The first kappa shape index (κ1) is 14.5. The van der Waals surface area contributed by atoms with Crippen LogP contribution in [0.3, 0.4) is 0 Å². The number of aromatic nitrogens is 2. The summed E-state index contributed by atoms with van der Waals surface area (Å²) < 4.78 is 34.1. The lowest BCUT2D eigenvalue weighted by Crippen LogP contribution is -2.23. The second-order valence-electron chi connectivity index (χ2n) is 4.67. The predicted octanol–water partition coefficient (Wildman–Crippen LogP) is 2.91. The van der Waals surface area contributed by atoms with Gasteiger partial charge in [-0.05, 0) is 25.5 Å². The smallest absolute Gasteiger partial charge is 0.207 e. The summed E-state index contributed by atoms with van der Waals surface area (Å²) in [6.45, 7) is 3.92. The van der Waals surface area contributed by atoms with E-state index in [1.165, 1.54) is 29.8 Å². The molecule has 1 heterocycles. The molecule has 2 rings (SSSR count). The van der Waals surface area contributed by atoms with Gasteiger partial charge in [0.1, 0.15) is 11.6 Å². The second kappa shape index (κ2) is 6.00. The van der Waals surface area contributed by atoms with E-state index in [4.69, 9.17) is 4.74 Å². The zero-order chi connectivity index (χ0) is 14.7. The van der Waals surface area contributed by atoms with Crippen molar-refractivity contribution >= 4 is 5.95 Å². The molecular weight excluding hydrogens is 264 g/mol. The first-order chi connectivity index (χ1) is 9.52. The molecule has 0 saturated carbocycles. The maximum Gasteiger partial charge on any atom is 0.207 e. The molecule has 108 valence electrons. The Morgan fingerprint density at radius 1 is 1.35 bits per heavy atom. The Balaban J connectivity index is 2.35. The molecule has 0 radical (unpaired) electrons. The third-order valence-corrected chi connectivity index (χ3v) is 2.92. The minimum atomic E-state index is -0.496. The van der Waals surface area contributed by atoms with Gasteiger partial charge in [-0.15, -0.1) is 0 Å². The highest BCUT2D eigenvalue weighted by Crippen LogP contribution is 2.21. The highest BCUT2D eigenvalue weighted by molar-refractivity contribution is 5.44. The Morgan fingerprint density at radius 2 is 2.10 bits per heavy atom. The molecule has 4 nitrogen and oxygen atoms in total. The molecule has 0 spiro atoms. The van der Waals surface area contributed by atoms with Crippen molar-refractivity contribution in [3.8, 4) is 5.69 Å². The molecule has 1 N–H and O–H groups in total. The normalized spacial score (nSPS) is 12.4. The minimum Gasteiger partial charge on any atom is -0.383 e. The first-order valence-corrected chi connectivity index (χ1v) is 6.27. The largest absolute Gasteiger partial charge is 0.383 e. The van der Waals surface area contributed by atoms with Gasteiger partial charge in [0.25, 0.3) is 0 Å². The van der Waals surface area contributed by atoms with Crippen LogP contribution in [0.15, 0.2) is 24.5 Å². The predicted molar refractivity (Wildman–Crippen MR) is 73.2 cm³/mol. The monoisotopic (exact) mass is 281 g/mol. The average molecular weight is 281 g/mol. The Bertz CT molecular complexity index is 598. The van der Waals surface area contributed by atoms with Gasteiger partial charge in [0, 0.05) is 31.6 Å². The summed E-state index contributed by atoms with van der Waals surface area (Å²) >= 11 is 0. The van der Waals surface area contributed by atoms with E-state index < -0.39 is 11.6 Å². The number of benzene rings is 1. The molecule has 0 bridgehead atoms. The van der Waals surface area contributed by atoms with Crippen molar-refractivity contribution in [2.24, 2.45) is 0 Å². The summed E-state index contributed by atoms with van der Waals surface area (Å²) in [6.07, 6.45) is 3.11. The van der Waals surface area contributed by atoms with Crippen molar-refractivity contribution < 1.29 is 13.5 Å². The SMILES string of the molecule is COCC(C)Nc1nccn1-c1cc(F)c(C)cc1F. The number of halogens is 2. The molecule has 2 aromatic rings. The van der Waals surface area contributed by atoms with Crippen LogP contribution in [0, 0.1) is 18.6 Å². The van der Waals surface area contributed by atoms with Gasteiger partial charge in [-0.2, -0.15) is 0 Å². The highest BCUT2D eigenvalue weighted by atomic mass is 19.1. The van der Waals surface area contributed by atoms with E-state index in [1.54, 1.807) is 13.3 Å². The highest BCUT2D eigenvalue weighted by Gasteiger charge is 2.14. The fraction of sp³-hybridized carbons (Fsp3) is 0.357.